The van der Waals surface area contributed by atoms with Crippen LogP contribution in [0.3, 0.4) is 0 Å². The van der Waals surface area contributed by atoms with Gasteiger partial charge in [0.15, 0.2) is 0 Å². The van der Waals surface area contributed by atoms with Crippen LogP contribution in [0, 0.1) is 16.0 Å². The fourth-order valence-corrected chi connectivity index (χ4v) is 2.64. The fourth-order valence-electron chi connectivity index (χ4n) is 2.64. The van der Waals surface area contributed by atoms with Gasteiger partial charge in [0.05, 0.1) is 10.8 Å². The summed E-state index contributed by atoms with van der Waals surface area (Å²) < 4.78 is 0. The lowest BCUT2D eigenvalue weighted by molar-refractivity contribution is -0.385. The zero-order valence-electron chi connectivity index (χ0n) is 11.2. The molecule has 0 aliphatic carbocycles. The van der Waals surface area contributed by atoms with E-state index in [0.29, 0.717) is 25.1 Å². The van der Waals surface area contributed by atoms with Crippen LogP contribution in [0.4, 0.5) is 5.69 Å². The molecular formula is C14H18N2O4. The van der Waals surface area contributed by atoms with E-state index in [9.17, 15) is 14.9 Å². The highest BCUT2D eigenvalue weighted by atomic mass is 16.6. The first-order valence-electron chi connectivity index (χ1n) is 6.75. The molecule has 1 aliphatic heterocycles. The van der Waals surface area contributed by atoms with Crippen molar-refractivity contribution in [1.82, 2.24) is 4.90 Å². The summed E-state index contributed by atoms with van der Waals surface area (Å²) in [5.41, 5.74) is 0.842. The third kappa shape index (κ3) is 3.54. The van der Waals surface area contributed by atoms with Crippen LogP contribution in [0.15, 0.2) is 24.3 Å². The van der Waals surface area contributed by atoms with Gasteiger partial charge in [0.25, 0.3) is 5.69 Å². The first-order chi connectivity index (χ1) is 9.58. The number of nitro benzene ring substituents is 1. The van der Waals surface area contributed by atoms with Gasteiger partial charge in [-0.1, -0.05) is 18.2 Å². The first kappa shape index (κ1) is 14.5. The quantitative estimate of drug-likeness (QED) is 0.657. The van der Waals surface area contributed by atoms with Crippen molar-refractivity contribution in [2.75, 3.05) is 19.6 Å². The topological polar surface area (TPSA) is 83.7 Å². The molecule has 0 spiro atoms. The lowest BCUT2D eigenvalue weighted by Crippen LogP contribution is -2.39. The maximum atomic E-state index is 11.0. The van der Waals surface area contributed by atoms with Crippen LogP contribution in [0.25, 0.3) is 0 Å². The van der Waals surface area contributed by atoms with Gasteiger partial charge in [-0.3, -0.25) is 14.9 Å². The number of nitrogens with zero attached hydrogens (tertiary/aromatic N) is 2. The van der Waals surface area contributed by atoms with Crippen LogP contribution < -0.4 is 0 Å². The minimum atomic E-state index is -0.750. The van der Waals surface area contributed by atoms with Crippen molar-refractivity contribution < 1.29 is 14.8 Å². The summed E-state index contributed by atoms with van der Waals surface area (Å²) in [5, 5.41) is 20.0. The van der Waals surface area contributed by atoms with E-state index in [0.717, 1.165) is 19.4 Å². The van der Waals surface area contributed by atoms with E-state index in [1.807, 2.05) is 0 Å². The Morgan fingerprint density at radius 2 is 2.20 bits per heavy atom. The van der Waals surface area contributed by atoms with Crippen molar-refractivity contribution in [2.45, 2.75) is 19.3 Å². The fraction of sp³-hybridized carbons (Fsp3) is 0.500. The van der Waals surface area contributed by atoms with Crippen molar-refractivity contribution in [3.63, 3.8) is 0 Å². The van der Waals surface area contributed by atoms with Gasteiger partial charge in [-0.25, -0.2) is 0 Å². The van der Waals surface area contributed by atoms with Crippen LogP contribution in [-0.4, -0.2) is 40.5 Å². The second-order valence-electron chi connectivity index (χ2n) is 5.11. The minimum absolute atomic E-state index is 0.138. The molecular weight excluding hydrogens is 260 g/mol. The molecule has 1 heterocycles. The van der Waals surface area contributed by atoms with Crippen LogP contribution in [0.2, 0.25) is 0 Å². The van der Waals surface area contributed by atoms with Gasteiger partial charge in [0.1, 0.15) is 0 Å². The number of carboxylic acids is 1. The number of rotatable bonds is 5. The Morgan fingerprint density at radius 1 is 1.45 bits per heavy atom. The Bertz CT molecular complexity index is 504. The number of carbonyl (C=O) groups is 1. The Hall–Kier alpha value is -1.95. The zero-order valence-corrected chi connectivity index (χ0v) is 11.2. The number of para-hydroxylation sites is 1. The van der Waals surface area contributed by atoms with Gasteiger partial charge >= 0.3 is 5.97 Å². The average molecular weight is 278 g/mol. The summed E-state index contributed by atoms with van der Waals surface area (Å²) in [7, 11) is 0. The number of likely N-dealkylation sites (tertiary alicyclic amines) is 1. The normalized spacial score (nSPS) is 19.7. The summed E-state index contributed by atoms with van der Waals surface area (Å²) in [6.07, 6.45) is 2.16. The van der Waals surface area contributed by atoms with Crippen molar-refractivity contribution in [3.05, 3.63) is 39.9 Å². The number of hydrogen-bond acceptors (Lipinski definition) is 4. The molecule has 0 radical (unpaired) electrons. The molecule has 1 aliphatic rings. The highest BCUT2D eigenvalue weighted by Crippen LogP contribution is 2.20. The molecule has 0 aromatic heterocycles. The van der Waals surface area contributed by atoms with Gasteiger partial charge in [-0.2, -0.15) is 0 Å². The molecule has 0 amide bonds. The molecule has 1 unspecified atom stereocenters. The number of piperidine rings is 1. The number of hydrogen-bond donors (Lipinski definition) is 1. The first-order valence-corrected chi connectivity index (χ1v) is 6.75. The number of benzene rings is 1. The zero-order chi connectivity index (χ0) is 14.5. The average Bonchev–Trinajstić information content (AvgIpc) is 2.45. The second-order valence-corrected chi connectivity index (χ2v) is 5.11. The highest BCUT2D eigenvalue weighted by Gasteiger charge is 2.25. The third-order valence-electron chi connectivity index (χ3n) is 3.74. The van der Waals surface area contributed by atoms with E-state index in [2.05, 4.69) is 4.90 Å². The van der Waals surface area contributed by atoms with Crippen LogP contribution in [0.5, 0.6) is 0 Å². The Labute approximate surface area is 117 Å². The molecule has 108 valence electrons. The van der Waals surface area contributed by atoms with Crippen molar-refractivity contribution in [2.24, 2.45) is 5.92 Å². The molecule has 2 rings (SSSR count). The second kappa shape index (κ2) is 6.47. The number of nitro groups is 1. The monoisotopic (exact) mass is 278 g/mol. The van der Waals surface area contributed by atoms with Gasteiger partial charge in [-0.15, -0.1) is 0 Å². The molecule has 0 saturated carbocycles. The predicted molar refractivity (Wildman–Crippen MR) is 73.6 cm³/mol. The highest BCUT2D eigenvalue weighted by molar-refractivity contribution is 5.70. The molecule has 1 N–H and O–H groups in total. The molecule has 1 fully saturated rings. The smallest absolute Gasteiger partial charge is 0.307 e. The maximum absolute atomic E-state index is 11.0. The molecule has 6 heteroatoms. The van der Waals surface area contributed by atoms with E-state index in [4.69, 9.17) is 5.11 Å². The van der Waals surface area contributed by atoms with Crippen molar-refractivity contribution in [3.8, 4) is 0 Å². The van der Waals surface area contributed by atoms with Crippen molar-refractivity contribution in [1.29, 1.82) is 0 Å². The summed E-state index contributed by atoms with van der Waals surface area (Å²) >= 11 is 0. The molecule has 1 aromatic carbocycles. The molecule has 0 bridgehead atoms. The van der Waals surface area contributed by atoms with Crippen LogP contribution in [0.1, 0.15) is 18.4 Å². The Kier molecular flexibility index (Phi) is 4.68. The van der Waals surface area contributed by atoms with E-state index in [-0.39, 0.29) is 16.5 Å². The predicted octanol–water partition coefficient (Wildman–Crippen LogP) is 1.93. The summed E-state index contributed by atoms with van der Waals surface area (Å²) in [5.74, 6) is -1.06. The molecule has 6 nitrogen and oxygen atoms in total. The lowest BCUT2D eigenvalue weighted by Gasteiger charge is -2.30. The maximum Gasteiger partial charge on any atom is 0.307 e. The number of aliphatic carboxylic acids is 1. The standard InChI is InChI=1S/C14H18N2O4/c17-14(18)12-5-3-8-15(10-12)9-7-11-4-1-2-6-13(11)16(19)20/h1-2,4,6,12H,3,5,7-10H2,(H,17,18). The largest absolute Gasteiger partial charge is 0.481 e. The minimum Gasteiger partial charge on any atom is -0.481 e. The molecule has 1 aromatic rings. The summed E-state index contributed by atoms with van der Waals surface area (Å²) in [6.45, 7) is 2.06. The summed E-state index contributed by atoms with van der Waals surface area (Å²) in [4.78, 5) is 23.6. The third-order valence-corrected chi connectivity index (χ3v) is 3.74. The van der Waals surface area contributed by atoms with E-state index >= 15 is 0 Å². The van der Waals surface area contributed by atoms with Gasteiger partial charge in [0.2, 0.25) is 0 Å². The van der Waals surface area contributed by atoms with Gasteiger partial charge < -0.3 is 10.0 Å². The Morgan fingerprint density at radius 3 is 2.90 bits per heavy atom. The number of carboxylic acid groups (broad SMARTS) is 1. The molecule has 1 saturated heterocycles. The van der Waals surface area contributed by atoms with Gasteiger partial charge in [0, 0.05) is 24.7 Å². The summed E-state index contributed by atoms with van der Waals surface area (Å²) in [6, 6.07) is 6.71. The van der Waals surface area contributed by atoms with E-state index in [1.54, 1.807) is 18.2 Å². The Balaban J connectivity index is 1.95. The van der Waals surface area contributed by atoms with E-state index in [1.165, 1.54) is 6.07 Å². The molecule has 1 atom stereocenters. The van der Waals surface area contributed by atoms with E-state index < -0.39 is 5.97 Å². The van der Waals surface area contributed by atoms with Gasteiger partial charge in [-0.05, 0) is 25.8 Å². The van der Waals surface area contributed by atoms with Crippen LogP contribution >= 0.6 is 0 Å². The van der Waals surface area contributed by atoms with Crippen LogP contribution in [-0.2, 0) is 11.2 Å². The van der Waals surface area contributed by atoms with Crippen molar-refractivity contribution >= 4 is 11.7 Å². The molecule has 20 heavy (non-hydrogen) atoms. The SMILES string of the molecule is O=C(O)C1CCCN(CCc2ccccc2[N+](=O)[O-])C1. The lowest BCUT2D eigenvalue weighted by atomic mass is 9.98.